The first-order valence-corrected chi connectivity index (χ1v) is 13.5. The van der Waals surface area contributed by atoms with Gasteiger partial charge in [0.05, 0.1) is 5.39 Å². The van der Waals surface area contributed by atoms with Crippen molar-refractivity contribution in [1.29, 1.82) is 0 Å². The molecule has 1 aliphatic heterocycles. The summed E-state index contributed by atoms with van der Waals surface area (Å²) in [5.74, 6) is 1.06. The van der Waals surface area contributed by atoms with Gasteiger partial charge in [0.2, 0.25) is 5.91 Å². The number of hydrogen-bond acceptors (Lipinski definition) is 6. The van der Waals surface area contributed by atoms with E-state index in [9.17, 15) is 9.59 Å². The van der Waals surface area contributed by atoms with Crippen molar-refractivity contribution in [2.45, 2.75) is 38.8 Å². The lowest BCUT2D eigenvalue weighted by molar-refractivity contribution is -0.118. The number of H-pyrrole nitrogens is 1. The zero-order valence-electron chi connectivity index (χ0n) is 22.4. The van der Waals surface area contributed by atoms with E-state index in [4.69, 9.17) is 9.97 Å². The smallest absolute Gasteiger partial charge is 0.270 e. The molecule has 1 atom stereocenters. The summed E-state index contributed by atoms with van der Waals surface area (Å²) in [6.45, 7) is 6.01. The number of carbonyl (C=O) groups excluding carboxylic acids is 2. The Kier molecular flexibility index (Phi) is 8.17. The first kappa shape index (κ1) is 26.4. The normalized spacial score (nSPS) is 14.8. The third-order valence-electron chi connectivity index (χ3n) is 7.11. The molecule has 1 aliphatic rings. The maximum atomic E-state index is 13.5. The molecule has 3 heterocycles. The van der Waals surface area contributed by atoms with Crippen molar-refractivity contribution in [3.05, 3.63) is 78.0 Å². The van der Waals surface area contributed by atoms with Gasteiger partial charge in [-0.1, -0.05) is 60.7 Å². The average molecular weight is 526 g/mol. The van der Waals surface area contributed by atoms with E-state index < -0.39 is 0 Å². The molecule has 0 radical (unpaired) electrons. The molecule has 0 saturated carbocycles. The van der Waals surface area contributed by atoms with Crippen LogP contribution in [0.2, 0.25) is 0 Å². The summed E-state index contributed by atoms with van der Waals surface area (Å²) in [6, 6.07) is 22.6. The number of piperidine rings is 1. The molecule has 0 bridgehead atoms. The fourth-order valence-corrected chi connectivity index (χ4v) is 5.01. The number of aromatic amines is 1. The number of hydrogen-bond donors (Lipinski definition) is 4. The van der Waals surface area contributed by atoms with Crippen LogP contribution in [-0.2, 0) is 4.79 Å². The molecular weight excluding hydrogens is 490 g/mol. The molecule has 0 aliphatic carbocycles. The zero-order chi connectivity index (χ0) is 27.2. The summed E-state index contributed by atoms with van der Waals surface area (Å²) < 4.78 is 0. The summed E-state index contributed by atoms with van der Waals surface area (Å²) >= 11 is 0. The molecule has 4 aromatic rings. The third kappa shape index (κ3) is 6.43. The lowest BCUT2D eigenvalue weighted by Crippen LogP contribution is -2.45. The van der Waals surface area contributed by atoms with Crippen molar-refractivity contribution in [1.82, 2.24) is 30.5 Å². The molecule has 5 rings (SSSR count). The Balaban J connectivity index is 1.30. The second kappa shape index (κ2) is 12.1. The first-order chi connectivity index (χ1) is 19.0. The van der Waals surface area contributed by atoms with Crippen molar-refractivity contribution < 1.29 is 9.59 Å². The number of nitrogens with zero attached hydrogens (tertiary/aromatic N) is 3. The van der Waals surface area contributed by atoms with Gasteiger partial charge in [-0.05, 0) is 31.4 Å². The average Bonchev–Trinajstić information content (AvgIpc) is 3.40. The Bertz CT molecular complexity index is 1410. The van der Waals surface area contributed by atoms with Crippen molar-refractivity contribution in [3.63, 3.8) is 0 Å². The summed E-state index contributed by atoms with van der Waals surface area (Å²) in [5, 5.41) is 10.5. The van der Waals surface area contributed by atoms with Gasteiger partial charge < -0.3 is 25.8 Å². The van der Waals surface area contributed by atoms with Crippen LogP contribution >= 0.6 is 0 Å². The molecule has 2 aromatic heterocycles. The lowest BCUT2D eigenvalue weighted by atomic mass is 10.0. The molecule has 4 N–H and O–H groups in total. The molecule has 9 nitrogen and oxygen atoms in total. The van der Waals surface area contributed by atoms with Crippen LogP contribution in [0.3, 0.4) is 0 Å². The topological polar surface area (TPSA) is 115 Å². The van der Waals surface area contributed by atoms with Crippen LogP contribution in [0.15, 0.2) is 66.7 Å². The molecule has 202 valence electrons. The van der Waals surface area contributed by atoms with Gasteiger partial charge in [0.15, 0.2) is 5.82 Å². The molecule has 39 heavy (non-hydrogen) atoms. The number of benzene rings is 2. The van der Waals surface area contributed by atoms with Crippen LogP contribution < -0.4 is 16.0 Å². The van der Waals surface area contributed by atoms with Crippen molar-refractivity contribution in [3.8, 4) is 11.4 Å². The molecule has 2 aromatic carbocycles. The second-order valence-electron chi connectivity index (χ2n) is 9.98. The van der Waals surface area contributed by atoms with Gasteiger partial charge in [0, 0.05) is 50.7 Å². The molecular formula is C30H35N7O2. The number of rotatable bonds is 9. The summed E-state index contributed by atoms with van der Waals surface area (Å²) in [7, 11) is 0. The fraction of sp³-hybridized carbons (Fsp3) is 0.333. The Hall–Kier alpha value is -4.24. The van der Waals surface area contributed by atoms with Crippen LogP contribution in [0, 0.1) is 0 Å². The van der Waals surface area contributed by atoms with E-state index in [1.165, 1.54) is 12.5 Å². The largest absolute Gasteiger partial charge is 0.368 e. The second-order valence-corrected chi connectivity index (χ2v) is 9.98. The molecule has 2 amide bonds. The van der Waals surface area contributed by atoms with E-state index in [1.54, 1.807) is 0 Å². The zero-order valence-corrected chi connectivity index (χ0v) is 22.4. The van der Waals surface area contributed by atoms with Gasteiger partial charge in [-0.3, -0.25) is 9.59 Å². The molecule has 9 heteroatoms. The summed E-state index contributed by atoms with van der Waals surface area (Å²) in [5.41, 5.74) is 3.25. The van der Waals surface area contributed by atoms with Crippen LogP contribution in [0.25, 0.3) is 22.4 Å². The van der Waals surface area contributed by atoms with E-state index in [0.717, 1.165) is 23.8 Å². The Morgan fingerprint density at radius 1 is 1.00 bits per heavy atom. The minimum Gasteiger partial charge on any atom is -0.368 e. The van der Waals surface area contributed by atoms with Crippen molar-refractivity contribution in [2.75, 3.05) is 31.5 Å². The number of likely N-dealkylation sites (tertiary alicyclic amines) is 1. The van der Waals surface area contributed by atoms with Gasteiger partial charge in [-0.15, -0.1) is 0 Å². The third-order valence-corrected chi connectivity index (χ3v) is 7.11. The van der Waals surface area contributed by atoms with Crippen molar-refractivity contribution >= 4 is 28.7 Å². The van der Waals surface area contributed by atoms with Crippen molar-refractivity contribution in [2.24, 2.45) is 0 Å². The van der Waals surface area contributed by atoms with E-state index in [-0.39, 0.29) is 17.9 Å². The van der Waals surface area contributed by atoms with E-state index >= 15 is 0 Å². The Morgan fingerprint density at radius 2 is 1.69 bits per heavy atom. The minimum atomic E-state index is -0.0855. The molecule has 1 unspecified atom stereocenters. The van der Waals surface area contributed by atoms with Gasteiger partial charge >= 0.3 is 0 Å². The predicted molar refractivity (Wildman–Crippen MR) is 153 cm³/mol. The first-order valence-electron chi connectivity index (χ1n) is 13.5. The minimum absolute atomic E-state index is 0.0342. The van der Waals surface area contributed by atoms with E-state index in [1.807, 2.05) is 47.4 Å². The molecule has 1 fully saturated rings. The number of nitrogens with one attached hydrogen (secondary N) is 4. The monoisotopic (exact) mass is 525 g/mol. The van der Waals surface area contributed by atoms with Crippen LogP contribution in [-0.4, -0.2) is 63.9 Å². The maximum absolute atomic E-state index is 13.5. The quantitative estimate of drug-likeness (QED) is 0.244. The Morgan fingerprint density at radius 3 is 2.38 bits per heavy atom. The predicted octanol–water partition coefficient (Wildman–Crippen LogP) is 4.13. The highest BCUT2D eigenvalue weighted by Crippen LogP contribution is 2.27. The van der Waals surface area contributed by atoms with Crippen LogP contribution in [0.5, 0.6) is 0 Å². The highest BCUT2D eigenvalue weighted by atomic mass is 16.2. The van der Waals surface area contributed by atoms with E-state index in [0.29, 0.717) is 55.2 Å². The number of fused-ring (bicyclic) bond motifs is 1. The summed E-state index contributed by atoms with van der Waals surface area (Å²) in [4.78, 5) is 39.4. The molecule has 1 saturated heterocycles. The van der Waals surface area contributed by atoms with Crippen LogP contribution in [0.4, 0.5) is 5.82 Å². The van der Waals surface area contributed by atoms with E-state index in [2.05, 4.69) is 52.1 Å². The SMILES string of the molecule is CC(=O)NCCNc1nc(-c2ccccc2)nc2[nH]c(C(=O)N3CCC(NC(C)c4ccccc4)CC3)cc12. The summed E-state index contributed by atoms with van der Waals surface area (Å²) in [6.07, 6.45) is 1.80. The van der Waals surface area contributed by atoms with Gasteiger partial charge in [0.25, 0.3) is 5.91 Å². The Labute approximate surface area is 228 Å². The standard InChI is InChI=1S/C30H35N7O2/c1-20(22-9-5-3-6-10-22)33-24-13-17-37(18-14-24)30(39)26-19-25-28(32-16-15-31-21(2)38)35-27(36-29(25)34-26)23-11-7-4-8-12-23/h3-12,19-20,24,33H,13-18H2,1-2H3,(H,31,38)(H2,32,34,35,36). The van der Waals surface area contributed by atoms with Gasteiger partial charge in [0.1, 0.15) is 17.2 Å². The number of carbonyl (C=O) groups is 2. The highest BCUT2D eigenvalue weighted by molar-refractivity contribution is 6.00. The van der Waals surface area contributed by atoms with Crippen LogP contribution in [0.1, 0.15) is 48.8 Å². The molecule has 0 spiro atoms. The highest BCUT2D eigenvalue weighted by Gasteiger charge is 2.26. The lowest BCUT2D eigenvalue weighted by Gasteiger charge is -2.34. The fourth-order valence-electron chi connectivity index (χ4n) is 5.01. The number of amides is 2. The number of anilines is 1. The van der Waals surface area contributed by atoms with Gasteiger partial charge in [-0.25, -0.2) is 9.97 Å². The maximum Gasteiger partial charge on any atom is 0.270 e. The van der Waals surface area contributed by atoms with Gasteiger partial charge in [-0.2, -0.15) is 0 Å². The number of aromatic nitrogens is 3.